The van der Waals surface area contributed by atoms with Gasteiger partial charge in [-0.15, -0.1) is 0 Å². The summed E-state index contributed by atoms with van der Waals surface area (Å²) in [5.41, 5.74) is 1.36. The first-order chi connectivity index (χ1) is 56.7. The van der Waals surface area contributed by atoms with Gasteiger partial charge in [0, 0.05) is 147 Å². The molecule has 10 aliphatic heterocycles. The highest BCUT2D eigenvalue weighted by Crippen LogP contribution is 2.46. The second-order valence-electron chi connectivity index (χ2n) is 38.3. The second kappa shape index (κ2) is 38.5. The number of fused-ring (bicyclic) bond motifs is 6. The van der Waals surface area contributed by atoms with E-state index in [2.05, 4.69) is 79.6 Å². The van der Waals surface area contributed by atoms with Crippen LogP contribution in [0.5, 0.6) is 0 Å². The lowest BCUT2D eigenvalue weighted by Gasteiger charge is -2.43. The number of hydrogen-bond donors (Lipinski definition) is 4. The van der Waals surface area contributed by atoms with Crippen LogP contribution in [0.25, 0.3) is 0 Å². The molecule has 14 heterocycles. The third-order valence-corrected chi connectivity index (χ3v) is 36.7. The van der Waals surface area contributed by atoms with Crippen molar-refractivity contribution in [3.05, 3.63) is 70.1 Å². The van der Waals surface area contributed by atoms with E-state index < -0.39 is 40.3 Å². The third kappa shape index (κ3) is 22.2. The Morgan fingerprint density at radius 1 is 0.462 bits per heavy atom. The standard InChI is InChI=1S/C22H36N4O4S.C21H34N4O4S.C21H31N3O4S.C20H32N4O4S/c1-15(2)10-20-13-21(24-30-20)22(27)23-17-11-18-4-5-19(12-17)26(18)31(28,29)14-16-6-8-25(3)9-7-16;1-14(2)20-12-19(23-29-20)21(26)22-16-10-17-4-5-18(11-16)25(17)30(27,28)13-15-6-8-24(3)9-7-15;25-21(19-13-20(28-23-19)14-7-8-14)22-15-11-16-9-10-17(12-15)24(16)29(26,27)18-5-3-1-2-4-6-18;1-13-12-24(15(3)11-21-13)29(26,27)23-7-6-16(8-14(23)2)9-19(25)18-10-20(28-22-18)17-4-5-17/h13,15-19H,4-12,14H2,1-3H3,(H,23,27);12,14-18H,4-11,13H2,1-3H3,(H,22,26);13-18H,1-12H2,(H,22,25);10,13-17,21H,4-9,11-12H2,1-3H3/t17?,18-,19+;16?,17-,18+;15?,16-,17+;13-,14-,15-,16-/m...0/s1. The summed E-state index contributed by atoms with van der Waals surface area (Å²) in [5.74, 6) is 5.04. The number of amides is 3. The maximum absolute atomic E-state index is 13.4. The predicted molar refractivity (Wildman–Crippen MR) is 449 cm³/mol. The Kier molecular flexibility index (Phi) is 29.0. The van der Waals surface area contributed by atoms with Crippen LogP contribution >= 0.6 is 0 Å². The zero-order chi connectivity index (χ0) is 84.4. The highest BCUT2D eigenvalue weighted by molar-refractivity contribution is 7.90. The molecule has 4 N–H and O–H groups in total. The minimum atomic E-state index is -3.51. The number of carbonyl (C=O) groups excluding carboxylic acids is 4. The fourth-order valence-electron chi connectivity index (χ4n) is 20.9. The molecule has 13 aliphatic rings. The number of rotatable bonds is 24. The number of nitrogens with one attached hydrogen (secondary N) is 4. The molecule has 3 amide bonds. The van der Waals surface area contributed by atoms with Gasteiger partial charge in [-0.05, 0) is 239 Å². The highest BCUT2D eigenvalue weighted by Gasteiger charge is 2.52. The largest absolute Gasteiger partial charge is 0.361 e. The number of piperidine rings is 6. The van der Waals surface area contributed by atoms with E-state index in [9.17, 15) is 52.8 Å². The van der Waals surface area contributed by atoms with E-state index in [1.165, 1.54) is 0 Å². The Hall–Kier alpha value is -5.60. The van der Waals surface area contributed by atoms with Gasteiger partial charge in [0.25, 0.3) is 27.9 Å². The lowest BCUT2D eigenvalue weighted by atomic mass is 9.88. The van der Waals surface area contributed by atoms with Gasteiger partial charge in [0.05, 0.1) is 16.8 Å². The van der Waals surface area contributed by atoms with E-state index in [0.29, 0.717) is 124 Å². The predicted octanol–water partition coefficient (Wildman–Crippen LogP) is 9.95. The number of ketones is 1. The summed E-state index contributed by atoms with van der Waals surface area (Å²) < 4.78 is 136. The Bertz CT molecular complexity index is 4530. The molecule has 3 unspecified atom stereocenters. The highest BCUT2D eigenvalue weighted by atomic mass is 32.2. The molecule has 17 rings (SSSR count). The van der Waals surface area contributed by atoms with Crippen molar-refractivity contribution in [1.82, 2.24) is 73.2 Å². The van der Waals surface area contributed by atoms with Crippen molar-refractivity contribution in [2.75, 3.05) is 71.4 Å². The minimum absolute atomic E-state index is 0.00120. The molecular formula is C84H133N15O16S4. The van der Waals surface area contributed by atoms with Gasteiger partial charge >= 0.3 is 0 Å². The van der Waals surface area contributed by atoms with Crippen molar-refractivity contribution in [2.45, 2.75) is 337 Å². The van der Waals surface area contributed by atoms with Crippen LogP contribution in [-0.2, 0) is 46.7 Å². The second-order valence-corrected chi connectivity index (χ2v) is 46.1. The van der Waals surface area contributed by atoms with Gasteiger partial charge < -0.3 is 49.2 Å². The van der Waals surface area contributed by atoms with Crippen molar-refractivity contribution < 1.29 is 70.9 Å². The van der Waals surface area contributed by atoms with Crippen LogP contribution in [0.4, 0.5) is 0 Å². The zero-order valence-electron chi connectivity index (χ0n) is 71.5. The van der Waals surface area contributed by atoms with E-state index in [0.717, 1.165) is 178 Å². The van der Waals surface area contributed by atoms with Gasteiger partial charge in [-0.1, -0.05) is 74.0 Å². The molecule has 3 aliphatic carbocycles. The van der Waals surface area contributed by atoms with Crippen LogP contribution in [0.3, 0.4) is 0 Å². The molecule has 0 radical (unpaired) electrons. The van der Waals surface area contributed by atoms with Gasteiger partial charge in [0.1, 0.15) is 28.7 Å². The maximum Gasteiger partial charge on any atom is 0.282 e. The topological polar surface area (TPSA) is 380 Å². The van der Waals surface area contributed by atoms with Crippen LogP contribution in [0.2, 0.25) is 0 Å². The minimum Gasteiger partial charge on any atom is -0.361 e. The normalized spacial score (nSPS) is 30.2. The molecule has 35 heteroatoms. The van der Waals surface area contributed by atoms with E-state index in [1.807, 2.05) is 38.9 Å². The lowest BCUT2D eigenvalue weighted by molar-refractivity contribution is 0.0890. The molecule has 4 aromatic heterocycles. The van der Waals surface area contributed by atoms with Crippen molar-refractivity contribution in [1.29, 1.82) is 0 Å². The summed E-state index contributed by atoms with van der Waals surface area (Å²) in [6, 6.07) is 6.89. The van der Waals surface area contributed by atoms with Crippen molar-refractivity contribution in [3.8, 4) is 0 Å². The molecule has 13 fully saturated rings. The Labute approximate surface area is 705 Å². The number of carbonyl (C=O) groups is 4. The number of nitrogens with zero attached hydrogens (tertiary/aromatic N) is 11. The quantitative estimate of drug-likeness (QED) is 0.0374. The molecule has 3 saturated carbocycles. The first-order valence-corrected chi connectivity index (χ1v) is 51.1. The van der Waals surface area contributed by atoms with Gasteiger partial charge in [0.15, 0.2) is 22.9 Å². The SMILES string of the molecule is CC(C)Cc1cc(C(=O)NC2C[C@H]3CC[C@@H](C2)N3S(=O)(=O)CC2CCN(C)CC2)no1.CC(C)c1cc(C(=O)NC2C[C@H]3CC[C@@H](C2)N3S(=O)(=O)CC2CCN(C)CC2)no1.C[C@H]1CN(S(=O)(=O)N2CC[C@H](CC(=O)c3cc(C4CC4)on3)C[C@@H]2C)[C@@H](C)CN1.O=C(NC1C[C@H]2CC[C@@H](C1)N2S(=O)(=O)C1CCCCCC1)c1cc(C2CC2)on1. The summed E-state index contributed by atoms with van der Waals surface area (Å²) in [6.07, 6.45) is 26.1. The molecule has 6 bridgehead atoms. The number of sulfonamides is 3. The Morgan fingerprint density at radius 3 is 1.33 bits per heavy atom. The first-order valence-electron chi connectivity index (χ1n) is 45.0. The number of Topliss-reactive ketones (excluding diaryl/α,β-unsaturated/α-hetero) is 1. The van der Waals surface area contributed by atoms with Gasteiger partial charge in [-0.2, -0.15) is 29.9 Å². The molecule has 119 heavy (non-hydrogen) atoms. The third-order valence-electron chi connectivity index (χ3n) is 27.7. The zero-order valence-corrected chi connectivity index (χ0v) is 74.8. The number of likely N-dealkylation sites (tertiary alicyclic amines) is 2. The molecular weight excluding hydrogens is 1600 g/mol. The molecule has 13 atom stereocenters. The van der Waals surface area contributed by atoms with Gasteiger partial charge in [-0.25, -0.2) is 25.3 Å². The summed E-state index contributed by atoms with van der Waals surface area (Å²) in [5, 5.41) is 28.0. The van der Waals surface area contributed by atoms with E-state index in [4.69, 9.17) is 18.1 Å². The summed E-state index contributed by atoms with van der Waals surface area (Å²) in [6.45, 7) is 19.6. The molecule has 0 aromatic carbocycles. The summed E-state index contributed by atoms with van der Waals surface area (Å²) in [4.78, 5) is 55.0. The van der Waals surface area contributed by atoms with Crippen molar-refractivity contribution in [2.24, 2.45) is 23.7 Å². The van der Waals surface area contributed by atoms with Crippen LogP contribution in [0, 0.1) is 23.7 Å². The van der Waals surface area contributed by atoms with Crippen LogP contribution in [-0.4, -0.2) is 258 Å². The smallest absolute Gasteiger partial charge is 0.282 e. The monoisotopic (exact) mass is 1740 g/mol. The van der Waals surface area contributed by atoms with Crippen molar-refractivity contribution >= 4 is 63.8 Å². The van der Waals surface area contributed by atoms with Crippen molar-refractivity contribution in [3.63, 3.8) is 0 Å². The molecule has 31 nitrogen and oxygen atoms in total. The van der Waals surface area contributed by atoms with E-state index in [1.54, 1.807) is 41.5 Å². The van der Waals surface area contributed by atoms with Crippen LogP contribution in [0.1, 0.15) is 317 Å². The Balaban J connectivity index is 0.000000130. The number of aromatic nitrogens is 4. The number of hydrogen-bond acceptors (Lipinski definition) is 23. The first kappa shape index (κ1) is 89.7. The molecule has 10 saturated heterocycles. The molecule has 0 spiro atoms. The fourth-order valence-corrected chi connectivity index (χ4v) is 30.3. The summed E-state index contributed by atoms with van der Waals surface area (Å²) >= 11 is 0. The molecule has 4 aromatic rings. The van der Waals surface area contributed by atoms with E-state index in [-0.39, 0.29) is 136 Å². The molecule has 664 valence electrons. The number of piperazine rings is 1. The maximum atomic E-state index is 13.4. The average molecular weight is 1740 g/mol. The van der Waals surface area contributed by atoms with Gasteiger partial charge in [0.2, 0.25) is 30.1 Å². The van der Waals surface area contributed by atoms with Crippen LogP contribution in [0.15, 0.2) is 42.4 Å². The van der Waals surface area contributed by atoms with Gasteiger partial charge in [-0.3, -0.25) is 19.2 Å². The lowest BCUT2D eigenvalue weighted by Crippen LogP contribution is -2.61. The fraction of sp³-hybridized carbons (Fsp3) is 0.810. The van der Waals surface area contributed by atoms with E-state index >= 15 is 0 Å². The van der Waals surface area contributed by atoms with Crippen LogP contribution < -0.4 is 21.3 Å². The average Bonchev–Trinajstić information content (AvgIpc) is 1.69. The Morgan fingerprint density at radius 2 is 0.882 bits per heavy atom. The summed E-state index contributed by atoms with van der Waals surface area (Å²) in [7, 11) is -9.12.